The fourth-order valence-electron chi connectivity index (χ4n) is 1.53. The molecule has 0 bridgehead atoms. The predicted octanol–water partition coefficient (Wildman–Crippen LogP) is 2.32. The van der Waals surface area contributed by atoms with E-state index in [2.05, 4.69) is 12.2 Å². The summed E-state index contributed by atoms with van der Waals surface area (Å²) < 4.78 is 4.95. The van der Waals surface area contributed by atoms with Gasteiger partial charge in [0.25, 0.3) is 5.91 Å². The van der Waals surface area contributed by atoms with Crippen LogP contribution in [0.25, 0.3) is 0 Å². The smallest absolute Gasteiger partial charge is 0.325 e. The minimum Gasteiger partial charge on any atom is -0.464 e. The number of esters is 1. The summed E-state index contributed by atoms with van der Waals surface area (Å²) in [5.41, 5.74) is 1.73. The molecule has 0 fully saturated rings. The van der Waals surface area contributed by atoms with E-state index < -0.39 is 5.97 Å². The first-order valence-corrected chi connectivity index (χ1v) is 6.70. The molecule has 0 atom stereocenters. The molecule has 104 valence electrons. The van der Waals surface area contributed by atoms with Crippen molar-refractivity contribution in [1.29, 1.82) is 0 Å². The summed E-state index contributed by atoms with van der Waals surface area (Å²) in [7, 11) is 0. The zero-order chi connectivity index (χ0) is 14.1. The first-order chi connectivity index (χ1) is 9.17. The van der Waals surface area contributed by atoms with Crippen LogP contribution in [0, 0.1) is 0 Å². The maximum absolute atomic E-state index is 11.8. The number of nitrogens with one attached hydrogen (secondary N) is 1. The Balaban J connectivity index is 2.35. The molecule has 0 radical (unpaired) electrons. The average Bonchev–Trinajstić information content (AvgIpc) is 2.45. The van der Waals surface area contributed by atoms with Crippen LogP contribution in [0.5, 0.6) is 0 Å². The van der Waals surface area contributed by atoms with E-state index in [1.807, 2.05) is 19.1 Å². The summed E-state index contributed by atoms with van der Waals surface area (Å²) in [6.07, 6.45) is 2.76. The number of carbonyl (C=O) groups is 2. The molecule has 1 aromatic rings. The number of carbonyl (C=O) groups excluding carboxylic acids is 2. The van der Waals surface area contributed by atoms with Crippen LogP contribution in [-0.2, 0) is 16.0 Å². The third-order valence-electron chi connectivity index (χ3n) is 2.78. The minimum atomic E-state index is -0.396. The van der Waals surface area contributed by atoms with Crippen LogP contribution in [0.3, 0.4) is 0 Å². The average molecular weight is 263 g/mol. The van der Waals surface area contributed by atoms with Crippen molar-refractivity contribution in [2.75, 3.05) is 13.2 Å². The van der Waals surface area contributed by atoms with E-state index in [1.54, 1.807) is 12.1 Å². The van der Waals surface area contributed by atoms with E-state index >= 15 is 0 Å². The first-order valence-electron chi connectivity index (χ1n) is 6.70. The molecule has 4 heteroatoms. The second kappa shape index (κ2) is 8.29. The van der Waals surface area contributed by atoms with Gasteiger partial charge in [-0.15, -0.1) is 0 Å². The predicted molar refractivity (Wildman–Crippen MR) is 74.0 cm³/mol. The molecule has 0 aliphatic carbocycles. The van der Waals surface area contributed by atoms with Gasteiger partial charge in [-0.3, -0.25) is 9.59 Å². The Morgan fingerprint density at radius 2 is 1.84 bits per heavy atom. The summed E-state index contributed by atoms with van der Waals surface area (Å²) in [5.74, 6) is -0.651. The Bertz CT molecular complexity index is 412. The van der Waals surface area contributed by atoms with Crippen LogP contribution >= 0.6 is 0 Å². The van der Waals surface area contributed by atoms with E-state index in [9.17, 15) is 9.59 Å². The van der Waals surface area contributed by atoms with Crippen LogP contribution in [0.2, 0.25) is 0 Å². The Morgan fingerprint density at radius 1 is 1.16 bits per heavy atom. The molecule has 1 rings (SSSR count). The van der Waals surface area contributed by atoms with Crippen molar-refractivity contribution in [1.82, 2.24) is 5.32 Å². The Labute approximate surface area is 114 Å². The summed E-state index contributed by atoms with van der Waals surface area (Å²) in [6, 6.07) is 7.34. The van der Waals surface area contributed by atoms with Crippen molar-refractivity contribution in [2.45, 2.75) is 33.1 Å². The first kappa shape index (κ1) is 15.2. The molecule has 0 spiro atoms. The summed E-state index contributed by atoms with van der Waals surface area (Å²) in [5, 5.41) is 2.55. The molecule has 1 aromatic carbocycles. The molecule has 1 N–H and O–H groups in total. The standard InChI is InChI=1S/C15H21NO3/c1-3-5-10-19-14(17)11-16-15(18)13-8-6-12(4-2)7-9-13/h6-9H,3-5,10-11H2,1-2H3,(H,16,18). The molecule has 0 saturated carbocycles. The Kier molecular flexibility index (Phi) is 6.64. The Hall–Kier alpha value is -1.84. The van der Waals surface area contributed by atoms with Gasteiger partial charge in [0.05, 0.1) is 6.61 Å². The highest BCUT2D eigenvalue weighted by atomic mass is 16.5. The zero-order valence-electron chi connectivity index (χ0n) is 11.6. The van der Waals surface area contributed by atoms with Gasteiger partial charge < -0.3 is 10.1 Å². The highest BCUT2D eigenvalue weighted by Crippen LogP contribution is 2.04. The second-order valence-corrected chi connectivity index (χ2v) is 4.31. The van der Waals surface area contributed by atoms with Crippen molar-refractivity contribution in [3.63, 3.8) is 0 Å². The second-order valence-electron chi connectivity index (χ2n) is 4.31. The molecule has 0 aliphatic rings. The quantitative estimate of drug-likeness (QED) is 0.606. The van der Waals surface area contributed by atoms with Gasteiger partial charge in [-0.2, -0.15) is 0 Å². The van der Waals surface area contributed by atoms with Crippen LogP contribution < -0.4 is 5.32 Å². The third kappa shape index (κ3) is 5.55. The number of rotatable bonds is 7. The number of hydrogen-bond donors (Lipinski definition) is 1. The van der Waals surface area contributed by atoms with Crippen LogP contribution in [-0.4, -0.2) is 25.0 Å². The molecule has 0 aliphatic heterocycles. The molecule has 0 unspecified atom stereocenters. The fourth-order valence-corrected chi connectivity index (χ4v) is 1.53. The van der Waals surface area contributed by atoms with Gasteiger partial charge in [-0.1, -0.05) is 32.4 Å². The largest absolute Gasteiger partial charge is 0.464 e. The number of unbranched alkanes of at least 4 members (excludes halogenated alkanes) is 1. The van der Waals surface area contributed by atoms with E-state index in [-0.39, 0.29) is 12.5 Å². The van der Waals surface area contributed by atoms with Crippen molar-refractivity contribution < 1.29 is 14.3 Å². The maximum atomic E-state index is 11.8. The molecule has 19 heavy (non-hydrogen) atoms. The van der Waals surface area contributed by atoms with E-state index in [4.69, 9.17) is 4.74 Å². The summed E-state index contributed by atoms with van der Waals surface area (Å²) in [4.78, 5) is 23.1. The fraction of sp³-hybridized carbons (Fsp3) is 0.467. The van der Waals surface area contributed by atoms with Crippen LogP contribution in [0.1, 0.15) is 42.6 Å². The number of ether oxygens (including phenoxy) is 1. The van der Waals surface area contributed by atoms with Gasteiger partial charge in [0.15, 0.2) is 0 Å². The van der Waals surface area contributed by atoms with Crippen molar-refractivity contribution in [2.24, 2.45) is 0 Å². The third-order valence-corrected chi connectivity index (χ3v) is 2.78. The van der Waals surface area contributed by atoms with Crippen molar-refractivity contribution in [3.05, 3.63) is 35.4 Å². The topological polar surface area (TPSA) is 55.4 Å². The molecular formula is C15H21NO3. The molecular weight excluding hydrogens is 242 g/mol. The maximum Gasteiger partial charge on any atom is 0.325 e. The lowest BCUT2D eigenvalue weighted by molar-refractivity contribution is -0.142. The highest BCUT2D eigenvalue weighted by Gasteiger charge is 2.08. The number of aryl methyl sites for hydroxylation is 1. The van der Waals surface area contributed by atoms with E-state index in [0.717, 1.165) is 19.3 Å². The molecule has 0 heterocycles. The lowest BCUT2D eigenvalue weighted by Crippen LogP contribution is -2.30. The number of amides is 1. The lowest BCUT2D eigenvalue weighted by Gasteiger charge is -2.06. The van der Waals surface area contributed by atoms with Crippen LogP contribution in [0.4, 0.5) is 0 Å². The van der Waals surface area contributed by atoms with Gasteiger partial charge in [0.1, 0.15) is 6.54 Å². The Morgan fingerprint density at radius 3 is 2.42 bits per heavy atom. The summed E-state index contributed by atoms with van der Waals surface area (Å²) in [6.45, 7) is 4.41. The lowest BCUT2D eigenvalue weighted by atomic mass is 10.1. The van der Waals surface area contributed by atoms with Gasteiger partial charge in [0, 0.05) is 5.56 Å². The van der Waals surface area contributed by atoms with Gasteiger partial charge in [-0.25, -0.2) is 0 Å². The number of benzene rings is 1. The molecule has 0 aromatic heterocycles. The summed E-state index contributed by atoms with van der Waals surface area (Å²) >= 11 is 0. The minimum absolute atomic E-state index is 0.0852. The van der Waals surface area contributed by atoms with E-state index in [1.165, 1.54) is 5.56 Å². The normalized spacial score (nSPS) is 10.0. The van der Waals surface area contributed by atoms with Crippen molar-refractivity contribution in [3.8, 4) is 0 Å². The van der Waals surface area contributed by atoms with Crippen molar-refractivity contribution >= 4 is 11.9 Å². The SMILES string of the molecule is CCCCOC(=O)CNC(=O)c1ccc(CC)cc1. The van der Waals surface area contributed by atoms with Crippen LogP contribution in [0.15, 0.2) is 24.3 Å². The monoisotopic (exact) mass is 263 g/mol. The van der Waals surface area contributed by atoms with E-state index in [0.29, 0.717) is 12.2 Å². The molecule has 1 amide bonds. The molecule has 4 nitrogen and oxygen atoms in total. The highest BCUT2D eigenvalue weighted by molar-refractivity contribution is 5.95. The zero-order valence-corrected chi connectivity index (χ0v) is 11.6. The number of hydrogen-bond acceptors (Lipinski definition) is 3. The van der Waals surface area contributed by atoms with Gasteiger partial charge in [-0.05, 0) is 30.5 Å². The van der Waals surface area contributed by atoms with Gasteiger partial charge >= 0.3 is 5.97 Å². The molecule has 0 saturated heterocycles. The van der Waals surface area contributed by atoms with Gasteiger partial charge in [0.2, 0.25) is 0 Å².